The minimum atomic E-state index is -1.28. The lowest BCUT2D eigenvalue weighted by Gasteiger charge is -2.25. The highest BCUT2D eigenvalue weighted by molar-refractivity contribution is 5.96. The summed E-state index contributed by atoms with van der Waals surface area (Å²) in [6.07, 6.45) is 3.71. The zero-order chi connectivity index (χ0) is 40.5. The largest absolute Gasteiger partial charge is 0.508 e. The molecule has 0 radical (unpaired) electrons. The molecule has 6 aromatic rings. The molecule has 0 saturated carbocycles. The van der Waals surface area contributed by atoms with Crippen molar-refractivity contribution in [1.29, 1.82) is 0 Å². The molecule has 14 heteroatoms. The van der Waals surface area contributed by atoms with Crippen molar-refractivity contribution in [3.8, 4) is 5.75 Å². The van der Waals surface area contributed by atoms with E-state index in [0.717, 1.165) is 27.4 Å². The second kappa shape index (κ2) is 18.1. The van der Waals surface area contributed by atoms with Crippen LogP contribution in [-0.4, -0.2) is 80.0 Å². The Morgan fingerprint density at radius 3 is 1.60 bits per heavy atom. The number of phenols is 1. The monoisotopic (exact) mass is 771 g/mol. The van der Waals surface area contributed by atoms with E-state index in [1.165, 1.54) is 19.1 Å². The summed E-state index contributed by atoms with van der Waals surface area (Å²) in [5, 5.41) is 32.1. The summed E-state index contributed by atoms with van der Waals surface area (Å²) in [7, 11) is 0. The molecule has 57 heavy (non-hydrogen) atoms. The standard InChI is InChI=1S/C43H45N7O7/c1-25(47-41(54)36(21-28-23-45-34-13-7-5-11-31(28)34)49-40(53)33(44)19-27-15-17-30(51)18-16-27)39(52)48-37(22-29-24-46-35-14-8-6-12-32(29)35)42(55)50-38(43(56)57)20-26-9-3-2-4-10-26/h2-18,23-25,33,36-38,45-46,51H,19-22,44H2,1H3,(H,47,54)(H,48,52)(H,49,53)(H,50,55)(H,56,57). The summed E-state index contributed by atoms with van der Waals surface area (Å²) >= 11 is 0. The third-order valence-electron chi connectivity index (χ3n) is 9.84. The van der Waals surface area contributed by atoms with E-state index in [1.54, 1.807) is 54.9 Å². The van der Waals surface area contributed by atoms with Crippen LogP contribution in [0, 0.1) is 0 Å². The fourth-order valence-electron chi connectivity index (χ4n) is 6.72. The summed E-state index contributed by atoms with van der Waals surface area (Å²) in [5.41, 5.74) is 10.8. The van der Waals surface area contributed by atoms with E-state index in [4.69, 9.17) is 5.73 Å². The Kier molecular flexibility index (Phi) is 12.6. The van der Waals surface area contributed by atoms with Crippen LogP contribution in [0.2, 0.25) is 0 Å². The molecule has 4 aromatic carbocycles. The number of carbonyl (C=O) groups excluding carboxylic acids is 4. The molecular formula is C43H45N7O7. The maximum atomic E-state index is 14.0. The van der Waals surface area contributed by atoms with Gasteiger partial charge in [-0.2, -0.15) is 0 Å². The third-order valence-corrected chi connectivity index (χ3v) is 9.84. The van der Waals surface area contributed by atoms with Crippen molar-refractivity contribution >= 4 is 51.4 Å². The number of hydrogen-bond donors (Lipinski definition) is 9. The number of aromatic amines is 2. The molecule has 0 fully saturated rings. The van der Waals surface area contributed by atoms with Crippen LogP contribution in [0.25, 0.3) is 21.8 Å². The van der Waals surface area contributed by atoms with Gasteiger partial charge < -0.3 is 47.2 Å². The molecule has 2 heterocycles. The first-order valence-corrected chi connectivity index (χ1v) is 18.6. The van der Waals surface area contributed by atoms with Crippen LogP contribution in [0.1, 0.15) is 29.2 Å². The van der Waals surface area contributed by atoms with Crippen molar-refractivity contribution in [2.45, 2.75) is 62.8 Å². The molecule has 0 saturated heterocycles. The van der Waals surface area contributed by atoms with Gasteiger partial charge in [0.2, 0.25) is 23.6 Å². The molecule has 5 unspecified atom stereocenters. The molecule has 10 N–H and O–H groups in total. The lowest BCUT2D eigenvalue weighted by atomic mass is 10.0. The molecule has 0 aliphatic carbocycles. The Labute approximate surface area is 328 Å². The number of para-hydroxylation sites is 2. The number of carboxylic acids is 1. The van der Waals surface area contributed by atoms with E-state index in [-0.39, 0.29) is 31.4 Å². The highest BCUT2D eigenvalue weighted by Gasteiger charge is 2.31. The lowest BCUT2D eigenvalue weighted by molar-refractivity contribution is -0.142. The van der Waals surface area contributed by atoms with Gasteiger partial charge in [0.05, 0.1) is 6.04 Å². The van der Waals surface area contributed by atoms with Crippen LogP contribution in [0.3, 0.4) is 0 Å². The minimum Gasteiger partial charge on any atom is -0.508 e. The SMILES string of the molecule is CC(NC(=O)C(Cc1c[nH]c2ccccc12)NC(=O)C(N)Cc1ccc(O)cc1)C(=O)NC(Cc1c[nH]c2ccccc12)C(=O)NC(Cc1ccccc1)C(=O)O. The molecule has 4 amide bonds. The lowest BCUT2D eigenvalue weighted by Crippen LogP contribution is -2.58. The first-order chi connectivity index (χ1) is 27.4. The number of aromatic hydroxyl groups is 1. The predicted octanol–water partition coefficient (Wildman–Crippen LogP) is 3.00. The molecular weight excluding hydrogens is 727 g/mol. The Bertz CT molecular complexity index is 2360. The maximum Gasteiger partial charge on any atom is 0.326 e. The van der Waals surface area contributed by atoms with Gasteiger partial charge in [-0.05, 0) is 59.9 Å². The number of rotatable bonds is 17. The van der Waals surface area contributed by atoms with Crippen LogP contribution in [0.15, 0.2) is 116 Å². The minimum absolute atomic E-state index is 0.0120. The van der Waals surface area contributed by atoms with Crippen LogP contribution >= 0.6 is 0 Å². The number of nitrogens with two attached hydrogens (primary N) is 1. The number of hydrogen-bond acceptors (Lipinski definition) is 7. The van der Waals surface area contributed by atoms with Crippen molar-refractivity contribution in [2.75, 3.05) is 0 Å². The second-order valence-corrected chi connectivity index (χ2v) is 14.0. The quantitative estimate of drug-likeness (QED) is 0.0668. The van der Waals surface area contributed by atoms with Gasteiger partial charge in [0.15, 0.2) is 0 Å². The molecule has 2 aromatic heterocycles. The summed E-state index contributed by atoms with van der Waals surface area (Å²) < 4.78 is 0. The summed E-state index contributed by atoms with van der Waals surface area (Å²) in [5.74, 6) is -3.86. The smallest absolute Gasteiger partial charge is 0.326 e. The van der Waals surface area contributed by atoms with Gasteiger partial charge in [0, 0.05) is 53.5 Å². The number of aromatic nitrogens is 2. The Morgan fingerprint density at radius 2 is 1.04 bits per heavy atom. The maximum absolute atomic E-state index is 14.0. The molecule has 0 aliphatic heterocycles. The highest BCUT2D eigenvalue weighted by atomic mass is 16.4. The van der Waals surface area contributed by atoms with E-state index in [9.17, 15) is 34.2 Å². The number of H-pyrrole nitrogens is 2. The van der Waals surface area contributed by atoms with Gasteiger partial charge in [-0.25, -0.2) is 4.79 Å². The number of phenolic OH excluding ortho intramolecular Hbond substituents is 1. The zero-order valence-corrected chi connectivity index (χ0v) is 31.2. The van der Waals surface area contributed by atoms with E-state index >= 15 is 0 Å². The molecule has 0 aliphatic rings. The number of carboxylic acid groups (broad SMARTS) is 1. The van der Waals surface area contributed by atoms with Crippen molar-refractivity contribution in [1.82, 2.24) is 31.2 Å². The van der Waals surface area contributed by atoms with Crippen LogP contribution in [-0.2, 0) is 49.7 Å². The van der Waals surface area contributed by atoms with E-state index in [2.05, 4.69) is 31.2 Å². The normalized spacial score (nSPS) is 13.9. The predicted molar refractivity (Wildman–Crippen MR) is 215 cm³/mol. The number of nitrogens with one attached hydrogen (secondary N) is 6. The van der Waals surface area contributed by atoms with Crippen LogP contribution < -0.4 is 27.0 Å². The van der Waals surface area contributed by atoms with Gasteiger partial charge in [-0.3, -0.25) is 19.2 Å². The van der Waals surface area contributed by atoms with Gasteiger partial charge >= 0.3 is 5.97 Å². The van der Waals surface area contributed by atoms with Gasteiger partial charge in [-0.1, -0.05) is 78.9 Å². The fraction of sp³-hybridized carbons (Fsp3) is 0.233. The molecule has 6 rings (SSSR count). The Morgan fingerprint density at radius 1 is 0.561 bits per heavy atom. The third kappa shape index (κ3) is 10.2. The second-order valence-electron chi connectivity index (χ2n) is 14.0. The Balaban J connectivity index is 1.19. The topological polar surface area (TPSA) is 232 Å². The number of amides is 4. The number of aliphatic carboxylic acids is 1. The highest BCUT2D eigenvalue weighted by Crippen LogP contribution is 2.21. The van der Waals surface area contributed by atoms with Crippen molar-refractivity contribution in [3.05, 3.63) is 138 Å². The summed E-state index contributed by atoms with van der Waals surface area (Å²) in [6.45, 7) is 1.45. The zero-order valence-electron chi connectivity index (χ0n) is 31.2. The average Bonchev–Trinajstić information content (AvgIpc) is 3.82. The molecule has 294 valence electrons. The molecule has 14 nitrogen and oxygen atoms in total. The van der Waals surface area contributed by atoms with E-state index < -0.39 is 59.8 Å². The van der Waals surface area contributed by atoms with Gasteiger partial charge in [0.25, 0.3) is 0 Å². The molecule has 0 spiro atoms. The van der Waals surface area contributed by atoms with Crippen molar-refractivity contribution in [3.63, 3.8) is 0 Å². The van der Waals surface area contributed by atoms with Crippen molar-refractivity contribution in [2.24, 2.45) is 5.73 Å². The molecule has 5 atom stereocenters. The Hall–Kier alpha value is -6.93. The van der Waals surface area contributed by atoms with Crippen LogP contribution in [0.4, 0.5) is 0 Å². The summed E-state index contributed by atoms with van der Waals surface area (Å²) in [6, 6.07) is 24.2. The fourth-order valence-corrected chi connectivity index (χ4v) is 6.72. The van der Waals surface area contributed by atoms with Gasteiger partial charge in [0.1, 0.15) is 29.9 Å². The van der Waals surface area contributed by atoms with E-state index in [1.807, 2.05) is 48.5 Å². The first-order valence-electron chi connectivity index (χ1n) is 18.6. The van der Waals surface area contributed by atoms with Crippen LogP contribution in [0.5, 0.6) is 5.75 Å². The number of carbonyl (C=O) groups is 5. The summed E-state index contributed by atoms with van der Waals surface area (Å²) in [4.78, 5) is 73.6. The number of fused-ring (bicyclic) bond motifs is 2. The first kappa shape index (κ1) is 39.8. The van der Waals surface area contributed by atoms with E-state index in [0.29, 0.717) is 16.7 Å². The molecule has 0 bridgehead atoms. The van der Waals surface area contributed by atoms with Gasteiger partial charge in [-0.15, -0.1) is 0 Å². The number of benzene rings is 4. The van der Waals surface area contributed by atoms with Crippen molar-refractivity contribution < 1.29 is 34.2 Å². The average molecular weight is 772 g/mol.